The van der Waals surface area contributed by atoms with Crippen molar-refractivity contribution < 1.29 is 9.53 Å². The Labute approximate surface area is 155 Å². The Morgan fingerprint density at radius 1 is 1.26 bits per heavy atom. The molecule has 1 amide bonds. The second kappa shape index (κ2) is 7.45. The third-order valence-corrected chi connectivity index (χ3v) is 4.33. The number of H-pyrrole nitrogens is 1. The summed E-state index contributed by atoms with van der Waals surface area (Å²) in [6.45, 7) is 0.426. The van der Waals surface area contributed by atoms with Crippen molar-refractivity contribution in [1.29, 1.82) is 0 Å². The van der Waals surface area contributed by atoms with Crippen molar-refractivity contribution in [3.8, 4) is 5.75 Å². The lowest BCUT2D eigenvalue weighted by Crippen LogP contribution is -2.31. The highest BCUT2D eigenvalue weighted by Crippen LogP contribution is 2.35. The molecule has 0 bridgehead atoms. The molecular formula is C19H19N5O3. The summed E-state index contributed by atoms with van der Waals surface area (Å²) in [5.41, 5.74) is 0.393. The molecule has 4 rings (SSSR count). The van der Waals surface area contributed by atoms with Crippen LogP contribution in [0.1, 0.15) is 40.8 Å². The molecule has 0 unspecified atom stereocenters. The number of benzene rings is 1. The van der Waals surface area contributed by atoms with Crippen LogP contribution in [0.5, 0.6) is 5.75 Å². The normalized spacial score (nSPS) is 13.3. The first-order valence-electron chi connectivity index (χ1n) is 8.75. The molecule has 3 aromatic rings. The number of ether oxygens (including phenoxy) is 1. The second-order valence-corrected chi connectivity index (χ2v) is 6.38. The molecule has 1 aliphatic carbocycles. The average Bonchev–Trinajstić information content (AvgIpc) is 3.43. The van der Waals surface area contributed by atoms with Crippen molar-refractivity contribution in [3.63, 3.8) is 0 Å². The van der Waals surface area contributed by atoms with Crippen molar-refractivity contribution in [3.05, 3.63) is 76.5 Å². The molecule has 27 heavy (non-hydrogen) atoms. The minimum atomic E-state index is -0.495. The number of amides is 1. The van der Waals surface area contributed by atoms with E-state index in [4.69, 9.17) is 4.74 Å². The number of hydrogen-bond acceptors (Lipinski definition) is 5. The molecule has 0 spiro atoms. The van der Waals surface area contributed by atoms with E-state index in [0.29, 0.717) is 24.2 Å². The second-order valence-electron chi connectivity index (χ2n) is 6.38. The van der Waals surface area contributed by atoms with E-state index >= 15 is 0 Å². The molecule has 1 saturated carbocycles. The van der Waals surface area contributed by atoms with Crippen molar-refractivity contribution in [2.75, 3.05) is 0 Å². The molecule has 1 aliphatic rings. The van der Waals surface area contributed by atoms with E-state index in [9.17, 15) is 9.59 Å². The number of carbonyl (C=O) groups is 1. The third-order valence-electron chi connectivity index (χ3n) is 4.33. The molecule has 8 nitrogen and oxygen atoms in total. The Bertz CT molecular complexity index is 992. The molecule has 138 valence electrons. The molecule has 2 N–H and O–H groups in total. The number of rotatable bonds is 7. The standard InChI is InChI=1S/C19H19N5O3/c25-18(22-9-14-8-20-12-24(14)13-6-7-13)16-10-21-17(23-19(16)26)11-27-15-4-2-1-3-5-15/h1-5,8,10,12-13H,6-7,9,11H2,(H,22,25)(H,21,23,26). The maximum absolute atomic E-state index is 12.3. The molecule has 2 aromatic heterocycles. The van der Waals surface area contributed by atoms with Crippen LogP contribution in [0, 0.1) is 0 Å². The van der Waals surface area contributed by atoms with Gasteiger partial charge in [0.15, 0.2) is 0 Å². The van der Waals surface area contributed by atoms with Crippen LogP contribution in [0.2, 0.25) is 0 Å². The number of imidazole rings is 1. The molecular weight excluding hydrogens is 346 g/mol. The van der Waals surface area contributed by atoms with Gasteiger partial charge in [0.2, 0.25) is 0 Å². The summed E-state index contributed by atoms with van der Waals surface area (Å²) in [6.07, 6.45) is 7.04. The van der Waals surface area contributed by atoms with E-state index in [-0.39, 0.29) is 12.2 Å². The number of carbonyl (C=O) groups excluding carboxylic acids is 1. The van der Waals surface area contributed by atoms with Crippen LogP contribution in [0.15, 0.2) is 53.8 Å². The van der Waals surface area contributed by atoms with E-state index in [1.54, 1.807) is 12.5 Å². The predicted octanol–water partition coefficient (Wildman–Crippen LogP) is 1.81. The van der Waals surface area contributed by atoms with Gasteiger partial charge in [0.1, 0.15) is 23.7 Å². The van der Waals surface area contributed by atoms with Crippen LogP contribution >= 0.6 is 0 Å². The zero-order valence-corrected chi connectivity index (χ0v) is 14.6. The highest BCUT2D eigenvalue weighted by molar-refractivity contribution is 5.93. The number of nitrogens with zero attached hydrogens (tertiary/aromatic N) is 3. The van der Waals surface area contributed by atoms with Crippen molar-refractivity contribution in [1.82, 2.24) is 24.8 Å². The number of para-hydroxylation sites is 1. The largest absolute Gasteiger partial charge is 0.486 e. The molecule has 8 heteroatoms. The summed E-state index contributed by atoms with van der Waals surface area (Å²) < 4.78 is 7.60. The lowest BCUT2D eigenvalue weighted by Gasteiger charge is -2.08. The van der Waals surface area contributed by atoms with E-state index in [2.05, 4.69) is 24.8 Å². The van der Waals surface area contributed by atoms with Gasteiger partial charge in [-0.25, -0.2) is 9.97 Å². The smallest absolute Gasteiger partial charge is 0.263 e. The van der Waals surface area contributed by atoms with Gasteiger partial charge in [-0.3, -0.25) is 9.59 Å². The maximum Gasteiger partial charge on any atom is 0.263 e. The van der Waals surface area contributed by atoms with Gasteiger partial charge in [-0.05, 0) is 25.0 Å². The number of aromatic amines is 1. The SMILES string of the molecule is O=C(NCc1cncn1C1CC1)c1cnc(COc2ccccc2)[nH]c1=O. The fraction of sp³-hybridized carbons (Fsp3) is 0.263. The van der Waals surface area contributed by atoms with Gasteiger partial charge in [0.25, 0.3) is 11.5 Å². The minimum Gasteiger partial charge on any atom is -0.486 e. The van der Waals surface area contributed by atoms with Crippen LogP contribution in [0.25, 0.3) is 0 Å². The van der Waals surface area contributed by atoms with Gasteiger partial charge in [0.05, 0.1) is 18.6 Å². The van der Waals surface area contributed by atoms with Gasteiger partial charge in [0, 0.05) is 18.4 Å². The van der Waals surface area contributed by atoms with Gasteiger partial charge in [-0.1, -0.05) is 18.2 Å². The first kappa shape index (κ1) is 17.0. The van der Waals surface area contributed by atoms with Crippen molar-refractivity contribution in [2.24, 2.45) is 0 Å². The summed E-state index contributed by atoms with van der Waals surface area (Å²) in [4.78, 5) is 35.4. The lowest BCUT2D eigenvalue weighted by molar-refractivity contribution is 0.0948. The summed E-state index contributed by atoms with van der Waals surface area (Å²) in [5, 5.41) is 2.75. The van der Waals surface area contributed by atoms with Crippen LogP contribution in [0.3, 0.4) is 0 Å². The van der Waals surface area contributed by atoms with E-state index in [0.717, 1.165) is 18.5 Å². The molecule has 0 aliphatic heterocycles. The summed E-state index contributed by atoms with van der Waals surface area (Å²) >= 11 is 0. The van der Waals surface area contributed by atoms with Crippen LogP contribution in [-0.4, -0.2) is 25.4 Å². The molecule has 2 heterocycles. The zero-order valence-electron chi connectivity index (χ0n) is 14.6. The first-order chi connectivity index (χ1) is 13.2. The summed E-state index contributed by atoms with van der Waals surface area (Å²) in [6, 6.07) is 9.70. The molecule has 0 saturated heterocycles. The van der Waals surface area contributed by atoms with Crippen LogP contribution < -0.4 is 15.6 Å². The van der Waals surface area contributed by atoms with E-state index < -0.39 is 11.5 Å². The van der Waals surface area contributed by atoms with Gasteiger partial charge in [-0.15, -0.1) is 0 Å². The molecule has 0 radical (unpaired) electrons. The quantitative estimate of drug-likeness (QED) is 0.665. The minimum absolute atomic E-state index is 0.0315. The Morgan fingerprint density at radius 2 is 2.07 bits per heavy atom. The fourth-order valence-electron chi connectivity index (χ4n) is 2.75. The van der Waals surface area contributed by atoms with Crippen LogP contribution in [0.4, 0.5) is 0 Å². The summed E-state index contributed by atoms with van der Waals surface area (Å²) in [7, 11) is 0. The highest BCUT2D eigenvalue weighted by Gasteiger charge is 2.25. The Balaban J connectivity index is 1.37. The Kier molecular flexibility index (Phi) is 4.69. The highest BCUT2D eigenvalue weighted by atomic mass is 16.5. The van der Waals surface area contributed by atoms with Gasteiger partial charge >= 0.3 is 0 Å². The Morgan fingerprint density at radius 3 is 2.81 bits per heavy atom. The van der Waals surface area contributed by atoms with Crippen molar-refractivity contribution >= 4 is 5.91 Å². The van der Waals surface area contributed by atoms with Gasteiger partial charge in [-0.2, -0.15) is 0 Å². The first-order valence-corrected chi connectivity index (χ1v) is 8.75. The zero-order chi connectivity index (χ0) is 18.6. The topological polar surface area (TPSA) is 102 Å². The third kappa shape index (κ3) is 4.05. The average molecular weight is 365 g/mol. The van der Waals surface area contributed by atoms with Gasteiger partial charge < -0.3 is 19.6 Å². The Hall–Kier alpha value is -3.42. The predicted molar refractivity (Wildman–Crippen MR) is 97.3 cm³/mol. The number of nitrogens with one attached hydrogen (secondary N) is 2. The number of aromatic nitrogens is 4. The van der Waals surface area contributed by atoms with E-state index in [1.807, 2.05) is 30.3 Å². The molecule has 0 atom stereocenters. The molecule has 1 fully saturated rings. The maximum atomic E-state index is 12.3. The fourth-order valence-corrected chi connectivity index (χ4v) is 2.75. The lowest BCUT2D eigenvalue weighted by atomic mass is 10.3. The molecule has 1 aromatic carbocycles. The van der Waals surface area contributed by atoms with Crippen LogP contribution in [-0.2, 0) is 13.2 Å². The number of hydrogen-bond donors (Lipinski definition) is 2. The summed E-state index contributed by atoms with van der Waals surface area (Å²) in [5.74, 6) is 0.560. The van der Waals surface area contributed by atoms with Crippen molar-refractivity contribution in [2.45, 2.75) is 32.0 Å². The van der Waals surface area contributed by atoms with E-state index in [1.165, 1.54) is 6.20 Å². The monoisotopic (exact) mass is 365 g/mol.